The smallest absolute Gasteiger partial charge is 0.292 e. The monoisotopic (exact) mass is 1200 g/mol. The van der Waals surface area contributed by atoms with E-state index in [0.29, 0.717) is 24.5 Å². The van der Waals surface area contributed by atoms with Crippen LogP contribution >= 0.6 is 0 Å². The number of carbonyl (C=O) groups is 10. The van der Waals surface area contributed by atoms with Gasteiger partial charge in [-0.15, -0.1) is 0 Å². The number of aryl methyl sites for hydroxylation is 8. The molecule has 0 unspecified atom stereocenters. The fourth-order valence-corrected chi connectivity index (χ4v) is 9.01. The van der Waals surface area contributed by atoms with Gasteiger partial charge in [-0.25, -0.2) is 15.0 Å². The quantitative estimate of drug-likeness (QED) is 0.0378. The number of hydrogen-bond donors (Lipinski definition) is 12. The number of aromatic hydroxyl groups is 1. The van der Waals surface area contributed by atoms with Crippen molar-refractivity contribution in [3.05, 3.63) is 126 Å². The van der Waals surface area contributed by atoms with Gasteiger partial charge in [-0.05, 0) is 30.7 Å². The number of hydrogen-bond acceptors (Lipinski definition) is 15. The highest BCUT2D eigenvalue weighted by Crippen LogP contribution is 2.31. The standard InChI is InChI=1S/C54H64N22O11/c1-69-17-16-57-44(69)52(85)68-39-28-76(8)46(67-39)54(87)64-33-26-74(6)42(43(33)79)51(84)62-31-19-34(71(3)24-31)47(80)58-13-9-10-41(78)65-38-27-75(7)45(66-38)53(86)63-32-21-37(73(5)25-32)50(83)61-30-20-36(72(4)23-30)49(82)60-29-18-35(70(2)22-29)48(81)59-14-11-40(77)56-15-12-55/h16-28,79H,9-15,55H2,1-8H3,(H,56,77)(H,58,80)(H,59,81)(H,60,82)(H,61,83)(H,62,84)(H,63,86)(H,64,87)(H,65,78)(H,68,85). The Morgan fingerprint density at radius 1 is 0.425 bits per heavy atom. The Labute approximate surface area is 494 Å². The van der Waals surface area contributed by atoms with Gasteiger partial charge in [-0.2, -0.15) is 0 Å². The molecule has 0 bridgehead atoms. The Hall–Kier alpha value is -11.5. The highest BCUT2D eigenvalue weighted by molar-refractivity contribution is 6.11. The number of amides is 10. The third kappa shape index (κ3) is 14.6. The van der Waals surface area contributed by atoms with E-state index in [-0.39, 0.29) is 113 Å². The van der Waals surface area contributed by atoms with Crippen molar-refractivity contribution in [2.75, 3.05) is 63.4 Å². The molecule has 0 fully saturated rings. The minimum absolute atomic E-state index is 0.0347. The summed E-state index contributed by atoms with van der Waals surface area (Å²) in [5.41, 5.74) is 6.93. The summed E-state index contributed by atoms with van der Waals surface area (Å²) in [4.78, 5) is 143. The van der Waals surface area contributed by atoms with E-state index in [2.05, 4.69) is 68.1 Å². The van der Waals surface area contributed by atoms with Gasteiger partial charge >= 0.3 is 0 Å². The van der Waals surface area contributed by atoms with Crippen molar-refractivity contribution in [1.29, 1.82) is 0 Å². The summed E-state index contributed by atoms with van der Waals surface area (Å²) in [6, 6.07) is 5.82. The topological polar surface area (TPSA) is 415 Å². The Kier molecular flexibility index (Phi) is 18.7. The number of anilines is 7. The van der Waals surface area contributed by atoms with E-state index < -0.39 is 58.9 Å². The molecule has 0 aliphatic heterocycles. The van der Waals surface area contributed by atoms with Crippen LogP contribution in [-0.2, 0) is 66.0 Å². The zero-order valence-corrected chi connectivity index (χ0v) is 48.5. The molecule has 0 aromatic carbocycles. The Morgan fingerprint density at radius 3 is 1.37 bits per heavy atom. The van der Waals surface area contributed by atoms with Gasteiger partial charge in [0.2, 0.25) is 23.5 Å². The van der Waals surface area contributed by atoms with Gasteiger partial charge in [0.05, 0.1) is 22.7 Å². The lowest BCUT2D eigenvalue weighted by molar-refractivity contribution is -0.121. The molecule has 8 rings (SSSR count). The van der Waals surface area contributed by atoms with Crippen molar-refractivity contribution < 1.29 is 53.1 Å². The Bertz CT molecular complexity index is 4010. The van der Waals surface area contributed by atoms with Crippen LogP contribution in [0.15, 0.2) is 80.0 Å². The normalized spacial score (nSPS) is 11.0. The molecule has 0 atom stereocenters. The molecule has 456 valence electrons. The van der Waals surface area contributed by atoms with Gasteiger partial charge in [0, 0.05) is 151 Å². The van der Waals surface area contributed by atoms with Crippen LogP contribution in [0.3, 0.4) is 0 Å². The molecule has 0 aliphatic rings. The van der Waals surface area contributed by atoms with E-state index in [1.54, 1.807) is 60.9 Å². The fraction of sp³-hybridized carbons (Fsp3) is 0.278. The molecule has 10 amide bonds. The van der Waals surface area contributed by atoms with Crippen LogP contribution in [0.4, 0.5) is 40.1 Å². The van der Waals surface area contributed by atoms with Crippen LogP contribution in [0.25, 0.3) is 0 Å². The summed E-state index contributed by atoms with van der Waals surface area (Å²) in [5, 5.41) is 37.7. The number of nitrogens with zero attached hydrogens (tertiary/aromatic N) is 11. The summed E-state index contributed by atoms with van der Waals surface area (Å²) in [6.07, 6.45) is 13.6. The SMILES string of the molecule is Cn1cc(NC(=O)c2c(O)c(NC(=O)c3nc(NC(=O)c4nccn4C)cn3C)cn2C)cc1C(=O)NCCCC(=O)Nc1cn(C)c(C(=O)Nc2cc(C(=O)Nc3cc(C(=O)Nc4cc(C(=O)NCCC(=O)NCCN)n(C)c4)n(C)c3)n(C)c2)n1. The van der Waals surface area contributed by atoms with Gasteiger partial charge in [0.15, 0.2) is 28.9 Å². The predicted molar refractivity (Wildman–Crippen MR) is 315 cm³/mol. The number of nitrogens with one attached hydrogen (secondary N) is 10. The molecule has 13 N–H and O–H groups in total. The summed E-state index contributed by atoms with van der Waals surface area (Å²) < 4.78 is 11.6. The minimum Gasteiger partial charge on any atom is -0.504 e. The number of aromatic nitrogens is 11. The van der Waals surface area contributed by atoms with Gasteiger partial charge in [0.1, 0.15) is 28.5 Å². The van der Waals surface area contributed by atoms with Gasteiger partial charge in [-0.1, -0.05) is 0 Å². The van der Waals surface area contributed by atoms with E-state index >= 15 is 0 Å². The molecule has 8 aromatic heterocycles. The Balaban J connectivity index is 0.763. The van der Waals surface area contributed by atoms with Crippen LogP contribution in [0, 0.1) is 0 Å². The summed E-state index contributed by atoms with van der Waals surface area (Å²) in [7, 11) is 12.7. The molecule has 0 radical (unpaired) electrons. The predicted octanol–water partition coefficient (Wildman–Crippen LogP) is 1.14. The van der Waals surface area contributed by atoms with Crippen molar-refractivity contribution in [3.63, 3.8) is 0 Å². The number of imidazole rings is 3. The third-order valence-corrected chi connectivity index (χ3v) is 13.3. The first-order valence-electron chi connectivity index (χ1n) is 26.7. The second kappa shape index (κ2) is 26.4. The summed E-state index contributed by atoms with van der Waals surface area (Å²) in [6.45, 7) is 0.815. The van der Waals surface area contributed by atoms with Crippen LogP contribution in [0.5, 0.6) is 5.75 Å². The molecule has 87 heavy (non-hydrogen) atoms. The van der Waals surface area contributed by atoms with E-state index in [4.69, 9.17) is 5.73 Å². The summed E-state index contributed by atoms with van der Waals surface area (Å²) in [5.74, 6) is -5.86. The van der Waals surface area contributed by atoms with Crippen molar-refractivity contribution in [1.82, 2.24) is 67.4 Å². The van der Waals surface area contributed by atoms with Crippen molar-refractivity contribution in [2.24, 2.45) is 62.1 Å². The first-order chi connectivity index (χ1) is 41.4. The number of rotatable bonds is 24. The average Bonchev–Trinajstić information content (AvgIpc) is 2.98. The molecule has 0 saturated carbocycles. The highest BCUT2D eigenvalue weighted by atomic mass is 16.3. The van der Waals surface area contributed by atoms with Crippen molar-refractivity contribution in [3.8, 4) is 5.75 Å². The van der Waals surface area contributed by atoms with Crippen LogP contribution < -0.4 is 58.9 Å². The maximum atomic E-state index is 13.5. The van der Waals surface area contributed by atoms with E-state index in [0.717, 1.165) is 0 Å². The maximum Gasteiger partial charge on any atom is 0.292 e. The first kappa shape index (κ1) is 61.6. The van der Waals surface area contributed by atoms with Crippen LogP contribution in [0.2, 0.25) is 0 Å². The van der Waals surface area contributed by atoms with E-state index in [1.807, 2.05) is 0 Å². The lowest BCUT2D eigenvalue weighted by Gasteiger charge is -2.06. The molecular weight excluding hydrogens is 1130 g/mol. The molecule has 8 heterocycles. The van der Waals surface area contributed by atoms with Gasteiger partial charge in [-0.3, -0.25) is 47.9 Å². The van der Waals surface area contributed by atoms with Gasteiger partial charge in [0.25, 0.3) is 47.3 Å². The largest absolute Gasteiger partial charge is 0.504 e. The van der Waals surface area contributed by atoms with Crippen molar-refractivity contribution >= 4 is 99.1 Å². The first-order valence-corrected chi connectivity index (χ1v) is 26.7. The number of carbonyl (C=O) groups excluding carboxylic acids is 10. The number of nitrogens with two attached hydrogens (primary N) is 1. The molecule has 0 spiro atoms. The Morgan fingerprint density at radius 2 is 0.874 bits per heavy atom. The molecular formula is C54H64N22O11. The van der Waals surface area contributed by atoms with E-state index in [1.165, 1.54) is 112 Å². The van der Waals surface area contributed by atoms with Crippen LogP contribution in [-0.4, -0.2) is 142 Å². The highest BCUT2D eigenvalue weighted by Gasteiger charge is 2.26. The van der Waals surface area contributed by atoms with Crippen molar-refractivity contribution in [2.45, 2.75) is 19.3 Å². The maximum absolute atomic E-state index is 13.5. The second-order valence-electron chi connectivity index (χ2n) is 20.0. The average molecular weight is 1200 g/mol. The fourth-order valence-electron chi connectivity index (χ4n) is 9.01. The molecule has 8 aromatic rings. The zero-order chi connectivity index (χ0) is 63.0. The molecule has 33 nitrogen and oxygen atoms in total. The van der Waals surface area contributed by atoms with Crippen LogP contribution in [0.1, 0.15) is 104 Å². The summed E-state index contributed by atoms with van der Waals surface area (Å²) >= 11 is 0. The molecule has 33 heteroatoms. The lowest BCUT2D eigenvalue weighted by Crippen LogP contribution is -2.33. The third-order valence-electron chi connectivity index (χ3n) is 13.3. The van der Waals surface area contributed by atoms with Gasteiger partial charge < -0.3 is 101 Å². The lowest BCUT2D eigenvalue weighted by atomic mass is 10.3. The second-order valence-corrected chi connectivity index (χ2v) is 20.0. The molecule has 0 aliphatic carbocycles. The molecule has 0 saturated heterocycles. The minimum atomic E-state index is -0.761. The zero-order valence-electron chi connectivity index (χ0n) is 48.5. The van der Waals surface area contributed by atoms with E-state index in [9.17, 15) is 53.1 Å².